The lowest BCUT2D eigenvalue weighted by molar-refractivity contribution is 0.333. The van der Waals surface area contributed by atoms with Gasteiger partial charge in [-0.2, -0.15) is 4.31 Å². The van der Waals surface area contributed by atoms with Gasteiger partial charge in [-0.3, -0.25) is 4.79 Å². The zero-order valence-electron chi connectivity index (χ0n) is 12.2. The van der Waals surface area contributed by atoms with Crippen LogP contribution in [-0.4, -0.2) is 30.8 Å². The number of aromatic nitrogens is 1. The molecule has 0 atom stereocenters. The van der Waals surface area contributed by atoms with Crippen LogP contribution in [0.4, 0.5) is 0 Å². The molecule has 1 rings (SSSR count). The molecule has 0 spiro atoms. The molecule has 0 saturated carbocycles. The van der Waals surface area contributed by atoms with Crippen molar-refractivity contribution in [1.82, 2.24) is 9.29 Å². The number of pyridine rings is 1. The first kappa shape index (κ1) is 17.2. The average molecular weight is 321 g/mol. The van der Waals surface area contributed by atoms with Gasteiger partial charge in [0.25, 0.3) is 5.56 Å². The first-order valence-corrected chi connectivity index (χ1v) is 8.34. The molecule has 0 radical (unpaired) electrons. The molecule has 5 nitrogen and oxygen atoms in total. The molecular weight excluding hydrogens is 300 g/mol. The Hall–Kier alpha value is -0.850. The van der Waals surface area contributed by atoms with E-state index in [4.69, 9.17) is 11.6 Å². The monoisotopic (exact) mass is 320 g/mol. The highest BCUT2D eigenvalue weighted by Gasteiger charge is 2.26. The molecule has 7 heteroatoms. The highest BCUT2D eigenvalue weighted by molar-refractivity contribution is 7.89. The number of H-pyrrole nitrogens is 1. The second kappa shape index (κ2) is 6.74. The van der Waals surface area contributed by atoms with Crippen molar-refractivity contribution in [3.63, 3.8) is 0 Å². The van der Waals surface area contributed by atoms with Gasteiger partial charge >= 0.3 is 0 Å². The maximum Gasteiger partial charge on any atom is 0.266 e. The summed E-state index contributed by atoms with van der Waals surface area (Å²) in [5, 5.41) is -0.125. The molecule has 0 aromatic carbocycles. The summed E-state index contributed by atoms with van der Waals surface area (Å²) in [6.07, 6.45) is 1.19. The van der Waals surface area contributed by atoms with Crippen LogP contribution in [0, 0.1) is 11.8 Å². The molecule has 0 bridgehead atoms. The van der Waals surface area contributed by atoms with Crippen molar-refractivity contribution in [2.24, 2.45) is 11.8 Å². The fourth-order valence-electron chi connectivity index (χ4n) is 1.82. The molecule has 114 valence electrons. The lowest BCUT2D eigenvalue weighted by Crippen LogP contribution is -2.37. The van der Waals surface area contributed by atoms with Crippen LogP contribution in [-0.2, 0) is 10.0 Å². The predicted molar refractivity (Wildman–Crippen MR) is 80.5 cm³/mol. The highest BCUT2D eigenvalue weighted by atomic mass is 35.5. The van der Waals surface area contributed by atoms with Crippen molar-refractivity contribution < 1.29 is 8.42 Å². The van der Waals surface area contributed by atoms with Gasteiger partial charge in [-0.1, -0.05) is 39.3 Å². The Labute approximate surface area is 125 Å². The van der Waals surface area contributed by atoms with E-state index in [-0.39, 0.29) is 21.8 Å². The Morgan fingerprint density at radius 1 is 1.20 bits per heavy atom. The van der Waals surface area contributed by atoms with Gasteiger partial charge < -0.3 is 4.98 Å². The number of nitrogens with one attached hydrogen (secondary N) is 1. The molecule has 1 N–H and O–H groups in total. The maximum absolute atomic E-state index is 12.6. The normalized spacial score (nSPS) is 12.6. The minimum absolute atomic E-state index is 0.0170. The summed E-state index contributed by atoms with van der Waals surface area (Å²) >= 11 is 5.71. The molecule has 1 aromatic heterocycles. The van der Waals surface area contributed by atoms with Crippen molar-refractivity contribution >= 4 is 21.6 Å². The Kier molecular flexibility index (Phi) is 5.79. The fraction of sp³-hybridized carbons (Fsp3) is 0.615. The molecule has 0 aliphatic heterocycles. The zero-order chi connectivity index (χ0) is 15.5. The lowest BCUT2D eigenvalue weighted by Gasteiger charge is -2.25. The van der Waals surface area contributed by atoms with Gasteiger partial charge in [0.05, 0.1) is 4.90 Å². The Morgan fingerprint density at radius 2 is 1.70 bits per heavy atom. The molecule has 20 heavy (non-hydrogen) atoms. The SMILES string of the molecule is CC(C)CN(CC(C)C)S(=O)(=O)c1c[nH]c(=O)c(Cl)c1. The smallest absolute Gasteiger partial charge is 0.266 e. The van der Waals surface area contributed by atoms with E-state index in [2.05, 4.69) is 4.98 Å². The predicted octanol–water partition coefficient (Wildman–Crippen LogP) is 2.33. The second-order valence-electron chi connectivity index (χ2n) is 5.62. The number of nitrogens with zero attached hydrogens (tertiary/aromatic N) is 1. The van der Waals surface area contributed by atoms with Gasteiger partial charge in [-0.15, -0.1) is 0 Å². The first-order valence-electron chi connectivity index (χ1n) is 6.53. The Balaban J connectivity index is 3.20. The van der Waals surface area contributed by atoms with E-state index < -0.39 is 15.6 Å². The molecule has 0 aliphatic rings. The lowest BCUT2D eigenvalue weighted by atomic mass is 10.2. The third-order valence-corrected chi connectivity index (χ3v) is 4.70. The van der Waals surface area contributed by atoms with Crippen molar-refractivity contribution in [2.45, 2.75) is 32.6 Å². The average Bonchev–Trinajstić information content (AvgIpc) is 2.30. The van der Waals surface area contributed by atoms with Gasteiger partial charge in [-0.05, 0) is 17.9 Å². The van der Waals surface area contributed by atoms with Crippen LogP contribution < -0.4 is 5.56 Å². The second-order valence-corrected chi connectivity index (χ2v) is 7.97. The number of rotatable bonds is 6. The molecule has 0 amide bonds. The summed E-state index contributed by atoms with van der Waals surface area (Å²) < 4.78 is 26.7. The maximum atomic E-state index is 12.6. The summed E-state index contributed by atoms with van der Waals surface area (Å²) in [5.41, 5.74) is -0.495. The van der Waals surface area contributed by atoms with Gasteiger partial charge in [0.15, 0.2) is 0 Å². The summed E-state index contributed by atoms with van der Waals surface area (Å²) in [7, 11) is -3.65. The van der Waals surface area contributed by atoms with Crippen molar-refractivity contribution in [2.75, 3.05) is 13.1 Å². The fourth-order valence-corrected chi connectivity index (χ4v) is 3.82. The van der Waals surface area contributed by atoms with Crippen molar-refractivity contribution in [3.05, 3.63) is 27.6 Å². The number of sulfonamides is 1. The van der Waals surface area contributed by atoms with Crippen molar-refractivity contribution in [1.29, 1.82) is 0 Å². The molecule has 0 fully saturated rings. The molecular formula is C13H21ClN2O3S. The van der Waals surface area contributed by atoms with Gasteiger partial charge in [0, 0.05) is 19.3 Å². The number of hydrogen-bond acceptors (Lipinski definition) is 3. The molecule has 0 unspecified atom stereocenters. The summed E-state index contributed by atoms with van der Waals surface area (Å²) in [6, 6.07) is 1.20. The van der Waals surface area contributed by atoms with Crippen molar-refractivity contribution in [3.8, 4) is 0 Å². The van der Waals surface area contributed by atoms with E-state index in [1.54, 1.807) is 0 Å². The van der Waals surface area contributed by atoms with E-state index in [1.165, 1.54) is 16.6 Å². The van der Waals surface area contributed by atoms with Gasteiger partial charge in [-0.25, -0.2) is 8.42 Å². The summed E-state index contributed by atoms with van der Waals surface area (Å²) in [6.45, 7) is 8.70. The Morgan fingerprint density at radius 3 is 2.10 bits per heavy atom. The standard InChI is InChI=1S/C13H21ClN2O3S/c1-9(2)7-16(8-10(3)4)20(18,19)11-5-12(14)13(17)15-6-11/h5-6,9-10H,7-8H2,1-4H3,(H,15,17). The molecule has 1 heterocycles. The van der Waals surface area contributed by atoms with Crippen LogP contribution >= 0.6 is 11.6 Å². The van der Waals surface area contributed by atoms with E-state index >= 15 is 0 Å². The van der Waals surface area contributed by atoms with Crippen LogP contribution in [0.15, 0.2) is 22.0 Å². The molecule has 1 aromatic rings. The minimum Gasteiger partial charge on any atom is -0.326 e. The topological polar surface area (TPSA) is 70.2 Å². The Bertz CT molecular complexity index is 598. The number of aromatic amines is 1. The van der Waals surface area contributed by atoms with Crippen LogP contribution in [0.1, 0.15) is 27.7 Å². The zero-order valence-corrected chi connectivity index (χ0v) is 13.8. The van der Waals surface area contributed by atoms with E-state index in [0.717, 1.165) is 0 Å². The highest BCUT2D eigenvalue weighted by Crippen LogP contribution is 2.19. The largest absolute Gasteiger partial charge is 0.326 e. The van der Waals surface area contributed by atoms with Crippen LogP contribution in [0.5, 0.6) is 0 Å². The number of halogens is 1. The first-order chi connectivity index (χ1) is 9.14. The molecule has 0 saturated heterocycles. The number of hydrogen-bond donors (Lipinski definition) is 1. The molecule has 0 aliphatic carbocycles. The van der Waals surface area contributed by atoms with Gasteiger partial charge in [0.1, 0.15) is 5.02 Å². The summed E-state index contributed by atoms with van der Waals surface area (Å²) in [4.78, 5) is 13.6. The summed E-state index contributed by atoms with van der Waals surface area (Å²) in [5.74, 6) is 0.420. The van der Waals surface area contributed by atoms with Gasteiger partial charge in [0.2, 0.25) is 10.0 Å². The van der Waals surface area contributed by atoms with Crippen LogP contribution in [0.2, 0.25) is 5.02 Å². The third kappa shape index (κ3) is 4.33. The van der Waals surface area contributed by atoms with E-state index in [1.807, 2.05) is 27.7 Å². The minimum atomic E-state index is -3.65. The third-order valence-electron chi connectivity index (χ3n) is 2.61. The van der Waals surface area contributed by atoms with E-state index in [9.17, 15) is 13.2 Å². The van der Waals surface area contributed by atoms with Crippen LogP contribution in [0.25, 0.3) is 0 Å². The van der Waals surface area contributed by atoms with Crippen LogP contribution in [0.3, 0.4) is 0 Å². The van der Waals surface area contributed by atoms with E-state index in [0.29, 0.717) is 13.1 Å². The quantitative estimate of drug-likeness (QED) is 0.874.